The maximum absolute atomic E-state index is 13.4. The van der Waals surface area contributed by atoms with Crippen LogP contribution in [0.1, 0.15) is 49.2 Å². The largest absolute Gasteiger partial charge is 0.482 e. The number of piperidine rings is 1. The Kier molecular flexibility index (Phi) is 5.67. The number of aromatic nitrogens is 2. The molecule has 3 aromatic rings. The zero-order valence-electron chi connectivity index (χ0n) is 18.0. The molecule has 2 aromatic carbocycles. The minimum Gasteiger partial charge on any atom is -0.482 e. The predicted octanol–water partition coefficient (Wildman–Crippen LogP) is 5.56. The van der Waals surface area contributed by atoms with Crippen LogP contribution in [0, 0.1) is 3.57 Å². The summed E-state index contributed by atoms with van der Waals surface area (Å²) in [6, 6.07) is 13.6. The van der Waals surface area contributed by atoms with E-state index in [-0.39, 0.29) is 5.91 Å². The monoisotopic (exact) mass is 562 g/mol. The number of fused-ring (bicyclic) bond motifs is 3. The van der Waals surface area contributed by atoms with Crippen molar-refractivity contribution in [3.63, 3.8) is 0 Å². The summed E-state index contributed by atoms with van der Waals surface area (Å²) in [6.07, 6.45) is 3.35. The van der Waals surface area contributed by atoms with Gasteiger partial charge in [-0.2, -0.15) is 5.10 Å². The van der Waals surface area contributed by atoms with E-state index in [4.69, 9.17) is 21.4 Å². The number of hydrogen-bond acceptors (Lipinski definition) is 4. The lowest BCUT2D eigenvalue weighted by Crippen LogP contribution is -2.46. The first kappa shape index (κ1) is 21.7. The Labute approximate surface area is 206 Å². The van der Waals surface area contributed by atoms with E-state index < -0.39 is 5.60 Å². The van der Waals surface area contributed by atoms with Gasteiger partial charge in [0, 0.05) is 22.2 Å². The van der Waals surface area contributed by atoms with Crippen molar-refractivity contribution in [2.75, 3.05) is 13.1 Å². The highest BCUT2D eigenvalue weighted by Crippen LogP contribution is 2.48. The maximum Gasteiger partial charge on any atom is 0.286 e. The van der Waals surface area contributed by atoms with Crippen LogP contribution in [0.5, 0.6) is 5.75 Å². The van der Waals surface area contributed by atoms with Crippen molar-refractivity contribution >= 4 is 40.1 Å². The average molecular weight is 563 g/mol. The van der Waals surface area contributed by atoms with Crippen LogP contribution in [0.2, 0.25) is 5.02 Å². The standard InChI is InChI=1S/C24H24ClIN4O2/c1-24(2)20-21(23(31)28-29-12-6-3-7-13-29)27-30(18-9-5-4-8-17(18)25)22(20)16-11-10-15(26)14-19(16)32-24/h4-5,8-11,14H,3,6-7,12-13H2,1-2H3,(H,28,31). The Morgan fingerprint density at radius 2 is 1.91 bits per heavy atom. The smallest absolute Gasteiger partial charge is 0.286 e. The SMILES string of the molecule is CC1(C)Oc2cc(I)ccc2-c2c1c(C(=O)NN1CCCCC1)nn2-c1ccccc1Cl. The molecule has 5 rings (SSSR count). The van der Waals surface area contributed by atoms with Crippen molar-refractivity contribution in [2.24, 2.45) is 0 Å². The van der Waals surface area contributed by atoms with Crippen LogP contribution in [0.3, 0.4) is 0 Å². The molecule has 32 heavy (non-hydrogen) atoms. The van der Waals surface area contributed by atoms with E-state index in [1.165, 1.54) is 6.42 Å². The van der Waals surface area contributed by atoms with E-state index in [1.807, 2.05) is 61.3 Å². The fourth-order valence-corrected chi connectivity index (χ4v) is 5.18. The van der Waals surface area contributed by atoms with Gasteiger partial charge in [-0.3, -0.25) is 10.2 Å². The van der Waals surface area contributed by atoms with Crippen molar-refractivity contribution < 1.29 is 9.53 Å². The minimum absolute atomic E-state index is 0.223. The Bertz CT molecular complexity index is 1200. The van der Waals surface area contributed by atoms with Crippen LogP contribution in [0.25, 0.3) is 16.9 Å². The van der Waals surface area contributed by atoms with Gasteiger partial charge < -0.3 is 4.74 Å². The molecule has 1 aromatic heterocycles. The van der Waals surface area contributed by atoms with Crippen LogP contribution in [-0.2, 0) is 5.60 Å². The number of amides is 1. The second kappa shape index (κ2) is 8.35. The molecular weight excluding hydrogens is 539 g/mol. The Balaban J connectivity index is 1.71. The van der Waals surface area contributed by atoms with Gasteiger partial charge >= 0.3 is 0 Å². The van der Waals surface area contributed by atoms with E-state index in [1.54, 1.807) is 4.68 Å². The summed E-state index contributed by atoms with van der Waals surface area (Å²) in [4.78, 5) is 13.4. The molecule has 1 fully saturated rings. The number of hydrogen-bond donors (Lipinski definition) is 1. The zero-order valence-corrected chi connectivity index (χ0v) is 20.9. The number of hydrazine groups is 1. The van der Waals surface area contributed by atoms with Gasteiger partial charge in [-0.05, 0) is 79.6 Å². The van der Waals surface area contributed by atoms with Crippen molar-refractivity contribution in [1.82, 2.24) is 20.2 Å². The number of nitrogens with one attached hydrogen (secondary N) is 1. The average Bonchev–Trinajstić information content (AvgIpc) is 3.16. The van der Waals surface area contributed by atoms with Crippen molar-refractivity contribution in [2.45, 2.75) is 38.7 Å². The molecule has 0 bridgehead atoms. The molecule has 1 saturated heterocycles. The van der Waals surface area contributed by atoms with Gasteiger partial charge in [-0.1, -0.05) is 30.2 Å². The van der Waals surface area contributed by atoms with Crippen LogP contribution >= 0.6 is 34.2 Å². The van der Waals surface area contributed by atoms with Crippen molar-refractivity contribution in [3.8, 4) is 22.7 Å². The Morgan fingerprint density at radius 3 is 2.66 bits per heavy atom. The quantitative estimate of drug-likeness (QED) is 0.425. The fraction of sp³-hybridized carbons (Fsp3) is 0.333. The molecule has 2 aliphatic heterocycles. The molecule has 1 N–H and O–H groups in total. The molecule has 0 unspecified atom stereocenters. The molecule has 8 heteroatoms. The van der Waals surface area contributed by atoms with Crippen LogP contribution < -0.4 is 10.2 Å². The topological polar surface area (TPSA) is 59.4 Å². The highest BCUT2D eigenvalue weighted by molar-refractivity contribution is 14.1. The third kappa shape index (κ3) is 3.80. The van der Waals surface area contributed by atoms with Crippen LogP contribution in [0.15, 0.2) is 42.5 Å². The van der Waals surface area contributed by atoms with E-state index in [9.17, 15) is 4.79 Å². The van der Waals surface area contributed by atoms with E-state index in [2.05, 4.69) is 28.0 Å². The lowest BCUT2D eigenvalue weighted by Gasteiger charge is -2.34. The van der Waals surface area contributed by atoms with E-state index in [0.29, 0.717) is 10.7 Å². The molecule has 1 amide bonds. The number of halogens is 2. The first-order chi connectivity index (χ1) is 15.3. The highest BCUT2D eigenvalue weighted by Gasteiger charge is 2.41. The highest BCUT2D eigenvalue weighted by atomic mass is 127. The summed E-state index contributed by atoms with van der Waals surface area (Å²) in [5, 5.41) is 7.37. The van der Waals surface area contributed by atoms with Gasteiger partial charge in [0.15, 0.2) is 5.69 Å². The summed E-state index contributed by atoms with van der Waals surface area (Å²) in [6.45, 7) is 5.65. The molecule has 166 valence electrons. The van der Waals surface area contributed by atoms with E-state index in [0.717, 1.165) is 57.8 Å². The molecule has 0 radical (unpaired) electrons. The lowest BCUT2D eigenvalue weighted by atomic mass is 9.89. The minimum atomic E-state index is -0.749. The van der Waals surface area contributed by atoms with Crippen molar-refractivity contribution in [1.29, 1.82) is 0 Å². The van der Waals surface area contributed by atoms with Crippen LogP contribution in [0.4, 0.5) is 0 Å². The summed E-state index contributed by atoms with van der Waals surface area (Å²) in [5.41, 5.74) is 5.90. The van der Waals surface area contributed by atoms with Gasteiger partial charge in [0.25, 0.3) is 5.91 Å². The molecule has 0 spiro atoms. The molecule has 0 saturated carbocycles. The predicted molar refractivity (Wildman–Crippen MR) is 133 cm³/mol. The van der Waals surface area contributed by atoms with Crippen molar-refractivity contribution in [3.05, 3.63) is 62.3 Å². The van der Waals surface area contributed by atoms with Gasteiger partial charge in [0.2, 0.25) is 0 Å². The van der Waals surface area contributed by atoms with Gasteiger partial charge in [-0.25, -0.2) is 9.69 Å². The second-order valence-corrected chi connectivity index (χ2v) is 10.3. The summed E-state index contributed by atoms with van der Waals surface area (Å²) in [7, 11) is 0. The Hall–Kier alpha value is -2.10. The Morgan fingerprint density at radius 1 is 1.16 bits per heavy atom. The number of ether oxygens (including phenoxy) is 1. The molecule has 0 aliphatic carbocycles. The first-order valence-electron chi connectivity index (χ1n) is 10.8. The van der Waals surface area contributed by atoms with Gasteiger partial charge in [-0.15, -0.1) is 0 Å². The summed E-state index contributed by atoms with van der Waals surface area (Å²) >= 11 is 8.84. The lowest BCUT2D eigenvalue weighted by molar-refractivity contribution is 0.0720. The molecular formula is C24H24ClIN4O2. The number of carbonyl (C=O) groups excluding carboxylic acids is 1. The normalized spacial score (nSPS) is 17.2. The number of nitrogens with zero attached hydrogens (tertiary/aromatic N) is 3. The maximum atomic E-state index is 13.4. The third-order valence-electron chi connectivity index (χ3n) is 5.96. The number of benzene rings is 2. The van der Waals surface area contributed by atoms with Crippen LogP contribution in [-0.4, -0.2) is 33.8 Å². The number of carbonyl (C=O) groups is 1. The van der Waals surface area contributed by atoms with Gasteiger partial charge in [0.05, 0.1) is 22.0 Å². The van der Waals surface area contributed by atoms with E-state index >= 15 is 0 Å². The second-order valence-electron chi connectivity index (χ2n) is 8.68. The molecule has 6 nitrogen and oxygen atoms in total. The fourth-order valence-electron chi connectivity index (χ4n) is 4.50. The molecule has 2 aliphatic rings. The first-order valence-corrected chi connectivity index (χ1v) is 12.2. The number of para-hydroxylation sites is 1. The molecule has 0 atom stereocenters. The van der Waals surface area contributed by atoms with Gasteiger partial charge in [0.1, 0.15) is 11.4 Å². The summed E-state index contributed by atoms with van der Waals surface area (Å²) < 4.78 is 9.27. The molecule has 3 heterocycles. The zero-order chi connectivity index (χ0) is 22.5. The summed E-state index contributed by atoms with van der Waals surface area (Å²) in [5.74, 6) is 0.546. The number of rotatable bonds is 3. The third-order valence-corrected chi connectivity index (χ3v) is 6.95.